The number of aliphatic hydroxyl groups excluding tert-OH is 1. The zero-order chi connectivity index (χ0) is 15.8. The number of carboxylic acid groups (broad SMARTS) is 1. The quantitative estimate of drug-likeness (QED) is 0.854. The van der Waals surface area contributed by atoms with Gasteiger partial charge >= 0.3 is 5.97 Å². The molecule has 0 unspecified atom stereocenters. The molecule has 0 radical (unpaired) electrons. The van der Waals surface area contributed by atoms with Gasteiger partial charge in [0.05, 0.1) is 10.6 Å². The Kier molecular flexibility index (Phi) is 4.52. The molecular formula is C12H13ClFNO5S. The van der Waals surface area contributed by atoms with Crippen molar-refractivity contribution < 1.29 is 27.8 Å². The Morgan fingerprint density at radius 1 is 1.43 bits per heavy atom. The Hall–Kier alpha value is -1.22. The van der Waals surface area contributed by atoms with Crippen LogP contribution in [0.1, 0.15) is 10.4 Å². The van der Waals surface area contributed by atoms with Crippen LogP contribution in [0.3, 0.4) is 0 Å². The average Bonchev–Trinajstić information content (AvgIpc) is 2.80. The summed E-state index contributed by atoms with van der Waals surface area (Å²) >= 11 is 5.83. The summed E-state index contributed by atoms with van der Waals surface area (Å²) < 4.78 is 39.3. The van der Waals surface area contributed by atoms with Gasteiger partial charge in [-0.1, -0.05) is 11.6 Å². The van der Waals surface area contributed by atoms with Crippen LogP contribution in [0.4, 0.5) is 4.39 Å². The van der Waals surface area contributed by atoms with Gasteiger partial charge in [0.1, 0.15) is 11.1 Å². The van der Waals surface area contributed by atoms with Crippen molar-refractivity contribution in [3.8, 4) is 0 Å². The molecule has 1 fully saturated rings. The van der Waals surface area contributed by atoms with Crippen LogP contribution in [0.2, 0.25) is 5.02 Å². The van der Waals surface area contributed by atoms with E-state index in [1.807, 2.05) is 0 Å². The van der Waals surface area contributed by atoms with Crippen molar-refractivity contribution in [2.45, 2.75) is 11.1 Å². The van der Waals surface area contributed by atoms with E-state index in [2.05, 4.69) is 0 Å². The first-order valence-electron chi connectivity index (χ1n) is 6.05. The first-order chi connectivity index (χ1) is 9.77. The maximum Gasteiger partial charge on any atom is 0.335 e. The third-order valence-electron chi connectivity index (χ3n) is 3.36. The van der Waals surface area contributed by atoms with Crippen molar-refractivity contribution >= 4 is 27.6 Å². The maximum atomic E-state index is 13.6. The first kappa shape index (κ1) is 16.2. The Bertz CT molecular complexity index is 666. The molecule has 1 aliphatic rings. The molecule has 2 atom stereocenters. The molecule has 0 spiro atoms. The summed E-state index contributed by atoms with van der Waals surface area (Å²) in [6, 6.07) is 3.23. The minimum absolute atomic E-state index is 0.142. The molecule has 2 rings (SSSR count). The maximum absolute atomic E-state index is 13.6. The lowest BCUT2D eigenvalue weighted by Crippen LogP contribution is -2.29. The third-order valence-corrected chi connectivity index (χ3v) is 5.67. The van der Waals surface area contributed by atoms with Crippen LogP contribution in [0.5, 0.6) is 0 Å². The average molecular weight is 338 g/mol. The molecule has 9 heteroatoms. The van der Waals surface area contributed by atoms with E-state index in [1.165, 1.54) is 0 Å². The normalized spacial score (nSPS) is 23.4. The van der Waals surface area contributed by atoms with E-state index >= 15 is 0 Å². The minimum atomic E-state index is -4.03. The molecule has 2 N–H and O–H groups in total. The predicted molar refractivity (Wildman–Crippen MR) is 72.6 cm³/mol. The molecule has 0 bridgehead atoms. The summed E-state index contributed by atoms with van der Waals surface area (Å²) in [5, 5.41) is 17.6. The van der Waals surface area contributed by atoms with Gasteiger partial charge in [-0.3, -0.25) is 0 Å². The van der Waals surface area contributed by atoms with Crippen molar-refractivity contribution in [2.75, 3.05) is 19.7 Å². The number of aliphatic hydroxyl groups is 1. The van der Waals surface area contributed by atoms with Crippen LogP contribution >= 0.6 is 11.6 Å². The topological polar surface area (TPSA) is 94.9 Å². The molecule has 0 aromatic heterocycles. The van der Waals surface area contributed by atoms with Gasteiger partial charge in [-0.15, -0.1) is 0 Å². The Morgan fingerprint density at radius 2 is 2.10 bits per heavy atom. The predicted octanol–water partition coefficient (Wildman–Crippen LogP) is 0.989. The molecule has 1 saturated heterocycles. The second-order valence-electron chi connectivity index (χ2n) is 4.73. The van der Waals surface area contributed by atoms with Crippen molar-refractivity contribution in [1.82, 2.24) is 4.31 Å². The Balaban J connectivity index is 2.35. The second kappa shape index (κ2) is 5.88. The lowest BCUT2D eigenvalue weighted by Gasteiger charge is -2.17. The van der Waals surface area contributed by atoms with Gasteiger partial charge in [0.2, 0.25) is 10.0 Å². The number of nitrogens with zero attached hydrogens (tertiary/aromatic N) is 1. The number of halogens is 2. The van der Waals surface area contributed by atoms with Gasteiger partial charge in [0.25, 0.3) is 0 Å². The molecule has 0 amide bonds. The van der Waals surface area contributed by atoms with Gasteiger partial charge in [0.15, 0.2) is 0 Å². The van der Waals surface area contributed by atoms with Crippen LogP contribution in [0, 0.1) is 5.92 Å². The molecule has 1 aromatic rings. The number of aromatic carboxylic acids is 1. The molecule has 6 nitrogen and oxygen atoms in total. The van der Waals surface area contributed by atoms with E-state index in [0.717, 1.165) is 22.5 Å². The van der Waals surface area contributed by atoms with E-state index in [9.17, 15) is 17.6 Å². The van der Waals surface area contributed by atoms with Crippen molar-refractivity contribution in [3.63, 3.8) is 0 Å². The second-order valence-corrected chi connectivity index (χ2v) is 7.04. The van der Waals surface area contributed by atoms with Gasteiger partial charge in [0, 0.05) is 25.6 Å². The molecule has 0 aliphatic carbocycles. The Labute approximate surface area is 125 Å². The van der Waals surface area contributed by atoms with Crippen LogP contribution < -0.4 is 0 Å². The highest BCUT2D eigenvalue weighted by molar-refractivity contribution is 7.89. The van der Waals surface area contributed by atoms with Crippen LogP contribution in [0.15, 0.2) is 23.1 Å². The molecular weight excluding hydrogens is 325 g/mol. The summed E-state index contributed by atoms with van der Waals surface area (Å²) in [6.45, 7) is -0.944. The van der Waals surface area contributed by atoms with E-state index in [-0.39, 0.29) is 28.6 Å². The smallest absolute Gasteiger partial charge is 0.335 e. The van der Waals surface area contributed by atoms with Gasteiger partial charge < -0.3 is 10.2 Å². The SMILES string of the molecule is O=C(O)c1ccc(S(=O)(=O)N2C[C@@H](CO)[C@H](F)C2)c(Cl)c1. The molecule has 0 saturated carbocycles. The summed E-state index contributed by atoms with van der Waals surface area (Å²) in [4.78, 5) is 10.5. The fourth-order valence-electron chi connectivity index (χ4n) is 2.14. The highest BCUT2D eigenvalue weighted by atomic mass is 35.5. The van der Waals surface area contributed by atoms with Crippen molar-refractivity contribution in [2.24, 2.45) is 5.92 Å². The highest BCUT2D eigenvalue weighted by Crippen LogP contribution is 2.30. The number of hydrogen-bond acceptors (Lipinski definition) is 4. The van der Waals surface area contributed by atoms with E-state index in [4.69, 9.17) is 21.8 Å². The number of benzene rings is 1. The molecule has 1 aliphatic heterocycles. The largest absolute Gasteiger partial charge is 0.478 e. The Morgan fingerprint density at radius 3 is 2.57 bits per heavy atom. The summed E-state index contributed by atoms with van der Waals surface area (Å²) in [5.41, 5.74) is -0.142. The third kappa shape index (κ3) is 3.03. The number of alkyl halides is 1. The number of hydrogen-bond donors (Lipinski definition) is 2. The number of carbonyl (C=O) groups is 1. The molecule has 21 heavy (non-hydrogen) atoms. The van der Waals surface area contributed by atoms with Crippen LogP contribution in [0.25, 0.3) is 0 Å². The molecule has 1 aromatic carbocycles. The highest BCUT2D eigenvalue weighted by Gasteiger charge is 2.40. The summed E-state index contributed by atoms with van der Waals surface area (Å²) in [5.74, 6) is -2.00. The lowest BCUT2D eigenvalue weighted by atomic mass is 10.1. The van der Waals surface area contributed by atoms with Crippen LogP contribution in [-0.4, -0.2) is 54.8 Å². The van der Waals surface area contributed by atoms with Crippen molar-refractivity contribution in [1.29, 1.82) is 0 Å². The monoisotopic (exact) mass is 337 g/mol. The van der Waals surface area contributed by atoms with Crippen LogP contribution in [-0.2, 0) is 10.0 Å². The standard InChI is InChI=1S/C12H13ClFNO5S/c13-9-3-7(12(17)18)1-2-11(9)21(19,20)15-4-8(6-16)10(14)5-15/h1-3,8,10,16H,4-6H2,(H,17,18)/t8-,10+/m0/s1. The van der Waals surface area contributed by atoms with Gasteiger partial charge in [-0.2, -0.15) is 4.31 Å². The summed E-state index contributed by atoms with van der Waals surface area (Å²) in [7, 11) is -4.03. The van der Waals surface area contributed by atoms with E-state index < -0.39 is 34.7 Å². The molecule has 116 valence electrons. The fourth-order valence-corrected chi connectivity index (χ4v) is 4.17. The van der Waals surface area contributed by atoms with Crippen molar-refractivity contribution in [3.05, 3.63) is 28.8 Å². The zero-order valence-electron chi connectivity index (χ0n) is 10.7. The van der Waals surface area contributed by atoms with E-state index in [0.29, 0.717) is 0 Å². The van der Waals surface area contributed by atoms with E-state index in [1.54, 1.807) is 0 Å². The van der Waals surface area contributed by atoms with Gasteiger partial charge in [-0.25, -0.2) is 17.6 Å². The fraction of sp³-hybridized carbons (Fsp3) is 0.417. The zero-order valence-corrected chi connectivity index (χ0v) is 12.3. The summed E-state index contributed by atoms with van der Waals surface area (Å²) in [6.07, 6.45) is -1.44. The van der Waals surface area contributed by atoms with Gasteiger partial charge in [-0.05, 0) is 18.2 Å². The first-order valence-corrected chi connectivity index (χ1v) is 7.87. The number of rotatable bonds is 4. The lowest BCUT2D eigenvalue weighted by molar-refractivity contribution is 0.0696. The minimum Gasteiger partial charge on any atom is -0.478 e. The number of sulfonamides is 1. The number of carboxylic acids is 1. The molecule has 1 heterocycles.